The average molecular weight is 619 g/mol. The van der Waals surface area contributed by atoms with Crippen LogP contribution in [0.15, 0.2) is 18.2 Å². The number of piperidine rings is 1. The lowest BCUT2D eigenvalue weighted by molar-refractivity contribution is -0.145. The van der Waals surface area contributed by atoms with Crippen molar-refractivity contribution in [1.82, 2.24) is 19.8 Å². The predicted octanol–water partition coefficient (Wildman–Crippen LogP) is 2.75. The first-order chi connectivity index (χ1) is 20.3. The lowest BCUT2D eigenvalue weighted by atomic mass is 9.47. The molecule has 4 N–H and O–H groups in total. The van der Waals surface area contributed by atoms with Gasteiger partial charge >= 0.3 is 0 Å². The van der Waals surface area contributed by atoms with Gasteiger partial charge in [0.15, 0.2) is 17.3 Å². The molecule has 43 heavy (non-hydrogen) atoms. The number of nitrogens with zero attached hydrogens (tertiary/aromatic N) is 3. The number of aryl methyl sites for hydroxylation is 1. The van der Waals surface area contributed by atoms with E-state index in [0.717, 1.165) is 68.5 Å². The van der Waals surface area contributed by atoms with Crippen LogP contribution >= 0.6 is 0 Å². The molecule has 2 aromatic rings. The van der Waals surface area contributed by atoms with Crippen molar-refractivity contribution in [3.05, 3.63) is 46.7 Å². The Balaban J connectivity index is 1.04. The molecule has 2 amide bonds. The monoisotopic (exact) mass is 618 g/mol. The fourth-order valence-electron chi connectivity index (χ4n) is 8.55. The number of rotatable bonds is 9. The number of hydrogen-bond acceptors (Lipinski definition) is 6. The third kappa shape index (κ3) is 5.77. The number of amides is 2. The molecule has 234 valence electrons. The highest BCUT2D eigenvalue weighted by molar-refractivity contribution is 7.88. The molecule has 2 heterocycles. The normalized spacial score (nSPS) is 28.8. The predicted molar refractivity (Wildman–Crippen MR) is 156 cm³/mol. The Bertz CT molecular complexity index is 1520. The summed E-state index contributed by atoms with van der Waals surface area (Å²) in [6, 6.07) is 3.13. The lowest BCUT2D eigenvalue weighted by Crippen LogP contribution is -2.62. The van der Waals surface area contributed by atoms with Crippen LogP contribution in [0.2, 0.25) is 0 Å². The minimum absolute atomic E-state index is 0.0305. The van der Waals surface area contributed by atoms with E-state index in [1.807, 2.05) is 14.0 Å². The van der Waals surface area contributed by atoms with E-state index >= 15 is 0 Å². The highest BCUT2D eigenvalue weighted by Crippen LogP contribution is 2.60. The van der Waals surface area contributed by atoms with Crippen molar-refractivity contribution in [2.24, 2.45) is 41.9 Å². The molecule has 2 unspecified atom stereocenters. The van der Waals surface area contributed by atoms with Crippen LogP contribution in [0.5, 0.6) is 0 Å². The average Bonchev–Trinajstić information content (AvgIpc) is 3.25. The van der Waals surface area contributed by atoms with Crippen molar-refractivity contribution in [2.45, 2.75) is 63.7 Å². The van der Waals surface area contributed by atoms with Crippen LogP contribution in [-0.2, 0) is 27.6 Å². The van der Waals surface area contributed by atoms with E-state index in [0.29, 0.717) is 24.7 Å². The molecule has 0 spiro atoms. The first-order valence-corrected chi connectivity index (χ1v) is 16.8. The van der Waals surface area contributed by atoms with Gasteiger partial charge in [-0.25, -0.2) is 21.9 Å². The third-order valence-electron chi connectivity index (χ3n) is 10.4. The van der Waals surface area contributed by atoms with Crippen molar-refractivity contribution in [2.75, 3.05) is 24.5 Å². The van der Waals surface area contributed by atoms with Gasteiger partial charge in [0.25, 0.3) is 5.91 Å². The van der Waals surface area contributed by atoms with E-state index in [1.54, 1.807) is 4.68 Å². The minimum atomic E-state index is -3.71. The second kappa shape index (κ2) is 11.1. The molecule has 10 nitrogen and oxygen atoms in total. The summed E-state index contributed by atoms with van der Waals surface area (Å²) in [5.74, 6) is -0.848. The summed E-state index contributed by atoms with van der Waals surface area (Å²) in [5.41, 5.74) is 6.82. The van der Waals surface area contributed by atoms with Crippen LogP contribution < -0.4 is 20.7 Å². The Hall–Kier alpha value is -3.06. The molecule has 4 aliphatic carbocycles. The summed E-state index contributed by atoms with van der Waals surface area (Å²) in [6.07, 6.45) is 5.93. The first kappa shape index (κ1) is 30.0. The largest absolute Gasteiger partial charge is 0.369 e. The molecule has 5 aliphatic rings. The molecule has 1 aromatic carbocycles. The standard InChI is InChI=1S/C30H40F2N6O4S/c1-17-25(27(39)35-26-21-9-20-10-22(26)14-30(12-20,13-21)29(33)40)36-37(2)28(17)38-7-5-18(6-8-38)15-34-43(41,42)16-19-3-4-23(31)24(32)11-19/h3-4,11,18,20-22,26,34H,5-10,12-16H2,1-2H3,(H2,33,40)(H,35,39). The van der Waals surface area contributed by atoms with Crippen LogP contribution in [0.1, 0.15) is 66.6 Å². The van der Waals surface area contributed by atoms with E-state index in [1.165, 1.54) is 6.07 Å². The Morgan fingerprint density at radius 3 is 2.40 bits per heavy atom. The van der Waals surface area contributed by atoms with Gasteiger partial charge in [0.1, 0.15) is 5.82 Å². The molecule has 5 fully saturated rings. The Labute approximate surface area is 250 Å². The number of carbonyl (C=O) groups is 2. The quantitative estimate of drug-likeness (QED) is 0.395. The minimum Gasteiger partial charge on any atom is -0.369 e. The summed E-state index contributed by atoms with van der Waals surface area (Å²) >= 11 is 0. The highest BCUT2D eigenvalue weighted by atomic mass is 32.2. The van der Waals surface area contributed by atoms with Gasteiger partial charge in [0, 0.05) is 43.7 Å². The zero-order valence-corrected chi connectivity index (χ0v) is 25.4. The van der Waals surface area contributed by atoms with Crippen molar-refractivity contribution in [3.8, 4) is 0 Å². The molecule has 4 bridgehead atoms. The van der Waals surface area contributed by atoms with Gasteiger partial charge < -0.3 is 16.0 Å². The molecule has 1 saturated heterocycles. The summed E-state index contributed by atoms with van der Waals surface area (Å²) < 4.78 is 56.1. The first-order valence-electron chi connectivity index (χ1n) is 15.1. The Morgan fingerprint density at radius 2 is 1.77 bits per heavy atom. The second-order valence-electron chi connectivity index (χ2n) is 13.3. The molecule has 4 saturated carbocycles. The molecular weight excluding hydrogens is 578 g/mol. The third-order valence-corrected chi connectivity index (χ3v) is 11.7. The van der Waals surface area contributed by atoms with Gasteiger partial charge in [-0.1, -0.05) is 6.07 Å². The fourth-order valence-corrected chi connectivity index (χ4v) is 9.76. The molecule has 13 heteroatoms. The van der Waals surface area contributed by atoms with E-state index in [-0.39, 0.29) is 47.7 Å². The topological polar surface area (TPSA) is 139 Å². The smallest absolute Gasteiger partial charge is 0.272 e. The maximum atomic E-state index is 13.5. The van der Waals surface area contributed by atoms with E-state index in [9.17, 15) is 26.8 Å². The van der Waals surface area contributed by atoms with Gasteiger partial charge in [-0.15, -0.1) is 0 Å². The lowest BCUT2D eigenvalue weighted by Gasteiger charge is -2.58. The van der Waals surface area contributed by atoms with Crippen LogP contribution in [0, 0.1) is 47.6 Å². The van der Waals surface area contributed by atoms with Crippen LogP contribution in [0.4, 0.5) is 14.6 Å². The number of carbonyl (C=O) groups excluding carboxylic acids is 2. The summed E-state index contributed by atoms with van der Waals surface area (Å²) in [4.78, 5) is 28.0. The molecular formula is C30H40F2N6O4S. The zero-order chi connectivity index (χ0) is 30.7. The van der Waals surface area contributed by atoms with E-state index in [2.05, 4.69) is 20.0 Å². The summed E-state index contributed by atoms with van der Waals surface area (Å²) in [7, 11) is -1.88. The van der Waals surface area contributed by atoms with Crippen LogP contribution in [0.25, 0.3) is 0 Å². The number of hydrogen-bond donors (Lipinski definition) is 3. The number of aromatic nitrogens is 2. The Kier molecular flexibility index (Phi) is 7.77. The number of benzene rings is 1. The fraction of sp³-hybridized carbons (Fsp3) is 0.633. The maximum absolute atomic E-state index is 13.5. The van der Waals surface area contributed by atoms with Crippen LogP contribution in [0.3, 0.4) is 0 Å². The Morgan fingerprint density at radius 1 is 1.09 bits per heavy atom. The zero-order valence-electron chi connectivity index (χ0n) is 24.6. The molecule has 2 atom stereocenters. The van der Waals surface area contributed by atoms with Gasteiger partial charge in [-0.2, -0.15) is 5.10 Å². The number of anilines is 1. The highest BCUT2D eigenvalue weighted by Gasteiger charge is 2.58. The second-order valence-corrected chi connectivity index (χ2v) is 15.1. The molecule has 1 aromatic heterocycles. The molecule has 7 rings (SSSR count). The number of sulfonamides is 1. The number of nitrogens with one attached hydrogen (secondary N) is 2. The van der Waals surface area contributed by atoms with Crippen molar-refractivity contribution in [1.29, 1.82) is 0 Å². The van der Waals surface area contributed by atoms with Gasteiger partial charge in [-0.3, -0.25) is 14.3 Å². The van der Waals surface area contributed by atoms with Crippen molar-refractivity contribution in [3.63, 3.8) is 0 Å². The number of primary amides is 1. The maximum Gasteiger partial charge on any atom is 0.272 e. The summed E-state index contributed by atoms with van der Waals surface area (Å²) in [6.45, 7) is 3.54. The molecule has 0 radical (unpaired) electrons. The number of halogens is 2. The van der Waals surface area contributed by atoms with E-state index < -0.39 is 32.8 Å². The van der Waals surface area contributed by atoms with Crippen molar-refractivity contribution >= 4 is 27.7 Å². The SMILES string of the molecule is Cc1c(C(=O)NC2C3CC4CC2CC(C(N)=O)(C4)C3)nn(C)c1N1CCC(CNS(=O)(=O)Cc2ccc(F)c(F)c2)CC1. The van der Waals surface area contributed by atoms with Gasteiger partial charge in [0.05, 0.1) is 5.75 Å². The van der Waals surface area contributed by atoms with E-state index in [4.69, 9.17) is 5.73 Å². The van der Waals surface area contributed by atoms with Gasteiger partial charge in [0.2, 0.25) is 15.9 Å². The van der Waals surface area contributed by atoms with Crippen molar-refractivity contribution < 1.29 is 26.8 Å². The molecule has 1 aliphatic heterocycles. The van der Waals surface area contributed by atoms with Crippen LogP contribution in [-0.4, -0.2) is 55.7 Å². The number of nitrogens with two attached hydrogens (primary N) is 1. The summed E-state index contributed by atoms with van der Waals surface area (Å²) in [5, 5.41) is 7.89. The van der Waals surface area contributed by atoms with Gasteiger partial charge in [-0.05, 0) is 93.2 Å².